The van der Waals surface area contributed by atoms with Gasteiger partial charge in [-0.25, -0.2) is 9.97 Å². The van der Waals surface area contributed by atoms with Crippen LogP contribution in [-0.2, 0) is 12.3 Å². The zero-order valence-corrected chi connectivity index (χ0v) is 14.5. The molecule has 0 atom stereocenters. The molecule has 3 heterocycles. The zero-order chi connectivity index (χ0) is 16.4. The van der Waals surface area contributed by atoms with E-state index in [1.165, 1.54) is 0 Å². The normalized spacial score (nSPS) is 11.2. The molecule has 0 aliphatic carbocycles. The molecule has 0 fully saturated rings. The molecule has 0 aliphatic rings. The second kappa shape index (κ2) is 6.67. The molecule has 4 nitrogen and oxygen atoms in total. The van der Waals surface area contributed by atoms with Crippen LogP contribution in [0.15, 0.2) is 70.3 Å². The zero-order valence-electron chi connectivity index (χ0n) is 12.9. The van der Waals surface area contributed by atoms with Crippen LogP contribution < -0.4 is 0 Å². The summed E-state index contributed by atoms with van der Waals surface area (Å²) in [4.78, 5) is 10.3. The largest absolute Gasteiger partial charge is 0.444 e. The summed E-state index contributed by atoms with van der Waals surface area (Å²) >= 11 is 3.29. The van der Waals surface area contributed by atoms with Crippen LogP contribution in [0, 0.1) is 0 Å². The van der Waals surface area contributed by atoms with Crippen molar-refractivity contribution in [3.63, 3.8) is 0 Å². The number of fused-ring (bicyclic) bond motifs is 1. The lowest BCUT2D eigenvalue weighted by atomic mass is 10.3. The maximum absolute atomic E-state index is 5.58. The molecule has 0 aliphatic heterocycles. The molecule has 0 bridgehead atoms. The summed E-state index contributed by atoms with van der Waals surface area (Å²) < 4.78 is 7.75. The molecule has 4 rings (SSSR count). The van der Waals surface area contributed by atoms with Gasteiger partial charge in [0.15, 0.2) is 5.16 Å². The van der Waals surface area contributed by atoms with Gasteiger partial charge in [-0.05, 0) is 23.6 Å². The first-order valence-electron chi connectivity index (χ1n) is 7.52. The molecule has 120 valence electrons. The smallest absolute Gasteiger partial charge is 0.236 e. The van der Waals surface area contributed by atoms with Crippen LogP contribution in [0.2, 0.25) is 0 Å². The number of benzene rings is 1. The molecule has 3 aromatic heterocycles. The SMILES string of the molecule is C=CCn1c(SCc2coc(-c3cccs3)n2)nc2ccccc21. The Morgan fingerprint density at radius 2 is 2.12 bits per heavy atom. The number of aromatic nitrogens is 3. The van der Waals surface area contributed by atoms with Crippen LogP contribution >= 0.6 is 23.1 Å². The van der Waals surface area contributed by atoms with E-state index in [-0.39, 0.29) is 0 Å². The third kappa shape index (κ3) is 2.90. The van der Waals surface area contributed by atoms with E-state index in [2.05, 4.69) is 22.2 Å². The fraction of sp³-hybridized carbons (Fsp3) is 0.111. The van der Waals surface area contributed by atoms with Crippen LogP contribution in [0.4, 0.5) is 0 Å². The summed E-state index contributed by atoms with van der Waals surface area (Å²) in [5, 5.41) is 2.99. The lowest BCUT2D eigenvalue weighted by Crippen LogP contribution is -1.97. The Labute approximate surface area is 147 Å². The fourth-order valence-corrected chi connectivity index (χ4v) is 4.05. The number of para-hydroxylation sites is 2. The van der Waals surface area contributed by atoms with Gasteiger partial charge in [0.05, 0.1) is 21.6 Å². The molecule has 0 spiro atoms. The van der Waals surface area contributed by atoms with E-state index in [4.69, 9.17) is 9.40 Å². The first kappa shape index (κ1) is 15.2. The summed E-state index contributed by atoms with van der Waals surface area (Å²) in [6.45, 7) is 4.59. The Morgan fingerprint density at radius 3 is 2.96 bits per heavy atom. The van der Waals surface area contributed by atoms with Gasteiger partial charge in [-0.3, -0.25) is 0 Å². The molecule has 0 saturated carbocycles. The van der Waals surface area contributed by atoms with Crippen molar-refractivity contribution in [2.24, 2.45) is 0 Å². The topological polar surface area (TPSA) is 43.9 Å². The van der Waals surface area contributed by atoms with E-state index in [0.29, 0.717) is 5.89 Å². The van der Waals surface area contributed by atoms with Crippen molar-refractivity contribution < 1.29 is 4.42 Å². The van der Waals surface area contributed by atoms with E-state index >= 15 is 0 Å². The lowest BCUT2D eigenvalue weighted by molar-refractivity contribution is 0.575. The first-order valence-corrected chi connectivity index (χ1v) is 9.39. The van der Waals surface area contributed by atoms with Gasteiger partial charge in [0.1, 0.15) is 6.26 Å². The van der Waals surface area contributed by atoms with Crippen LogP contribution in [-0.4, -0.2) is 14.5 Å². The minimum atomic E-state index is 0.681. The Morgan fingerprint density at radius 1 is 1.21 bits per heavy atom. The average Bonchev–Trinajstić information content (AvgIpc) is 3.33. The van der Waals surface area contributed by atoms with Gasteiger partial charge in [0.25, 0.3) is 0 Å². The molecule has 0 saturated heterocycles. The molecule has 0 N–H and O–H groups in total. The predicted octanol–water partition coefficient (Wildman–Crippen LogP) is 5.23. The highest BCUT2D eigenvalue weighted by atomic mass is 32.2. The molecule has 0 radical (unpaired) electrons. The molecule has 24 heavy (non-hydrogen) atoms. The third-order valence-corrected chi connectivity index (χ3v) is 5.43. The quantitative estimate of drug-likeness (QED) is 0.352. The monoisotopic (exact) mass is 353 g/mol. The van der Waals surface area contributed by atoms with Crippen LogP contribution in [0.3, 0.4) is 0 Å². The molecule has 0 amide bonds. The number of oxazole rings is 1. The molecule has 6 heteroatoms. The van der Waals surface area contributed by atoms with E-state index < -0.39 is 0 Å². The number of thioether (sulfide) groups is 1. The summed E-state index contributed by atoms with van der Waals surface area (Å²) in [6.07, 6.45) is 3.62. The number of thiophene rings is 1. The lowest BCUT2D eigenvalue weighted by Gasteiger charge is -2.04. The summed E-state index contributed by atoms with van der Waals surface area (Å²) in [5.41, 5.74) is 3.04. The van der Waals surface area contributed by atoms with E-state index in [1.54, 1.807) is 29.4 Å². The van der Waals surface area contributed by atoms with E-state index in [1.807, 2.05) is 41.8 Å². The highest BCUT2D eigenvalue weighted by molar-refractivity contribution is 7.98. The Kier molecular flexibility index (Phi) is 4.23. The Balaban J connectivity index is 1.56. The van der Waals surface area contributed by atoms with E-state index in [9.17, 15) is 0 Å². The summed E-state index contributed by atoms with van der Waals surface area (Å²) in [6, 6.07) is 12.2. The number of hydrogen-bond acceptors (Lipinski definition) is 5. The highest BCUT2D eigenvalue weighted by Crippen LogP contribution is 2.29. The summed E-state index contributed by atoms with van der Waals surface area (Å²) in [7, 11) is 0. The molecular weight excluding hydrogens is 338 g/mol. The Bertz CT molecular complexity index is 969. The van der Waals surface area contributed by atoms with Crippen LogP contribution in [0.1, 0.15) is 5.69 Å². The van der Waals surface area contributed by atoms with Gasteiger partial charge >= 0.3 is 0 Å². The van der Waals surface area contributed by atoms with Crippen LogP contribution in [0.25, 0.3) is 21.8 Å². The van der Waals surface area contributed by atoms with Crippen molar-refractivity contribution in [3.05, 3.63) is 66.4 Å². The van der Waals surface area contributed by atoms with Gasteiger partial charge in [0.2, 0.25) is 5.89 Å². The van der Waals surface area contributed by atoms with Gasteiger partial charge in [-0.2, -0.15) is 0 Å². The fourth-order valence-electron chi connectivity index (χ4n) is 2.49. The van der Waals surface area contributed by atoms with Crippen molar-refractivity contribution >= 4 is 34.1 Å². The summed E-state index contributed by atoms with van der Waals surface area (Å²) in [5.74, 6) is 1.40. The predicted molar refractivity (Wildman–Crippen MR) is 99.3 cm³/mol. The Hall–Kier alpha value is -2.31. The van der Waals surface area contributed by atoms with Crippen molar-refractivity contribution in [1.82, 2.24) is 14.5 Å². The molecule has 4 aromatic rings. The molecule has 1 aromatic carbocycles. The van der Waals surface area contributed by atoms with Gasteiger partial charge in [-0.1, -0.05) is 36.0 Å². The highest BCUT2D eigenvalue weighted by Gasteiger charge is 2.12. The minimum absolute atomic E-state index is 0.681. The average molecular weight is 353 g/mol. The maximum Gasteiger partial charge on any atom is 0.236 e. The third-order valence-electron chi connectivity index (χ3n) is 3.56. The van der Waals surface area contributed by atoms with Gasteiger partial charge in [-0.15, -0.1) is 17.9 Å². The van der Waals surface area contributed by atoms with E-state index in [0.717, 1.165) is 39.1 Å². The number of hydrogen-bond donors (Lipinski definition) is 0. The standard InChI is InChI=1S/C18H15N3OS2/c1-2-9-21-15-7-4-3-6-14(15)20-18(21)24-12-13-11-22-17(19-13)16-8-5-10-23-16/h2-8,10-11H,1,9,12H2. The van der Waals surface area contributed by atoms with Crippen molar-refractivity contribution in [2.45, 2.75) is 17.5 Å². The van der Waals surface area contributed by atoms with Crippen molar-refractivity contribution in [2.75, 3.05) is 0 Å². The van der Waals surface area contributed by atoms with Gasteiger partial charge < -0.3 is 8.98 Å². The number of rotatable bonds is 6. The minimum Gasteiger partial charge on any atom is -0.444 e. The number of allylic oxidation sites excluding steroid dienone is 1. The molecular formula is C18H15N3OS2. The maximum atomic E-state index is 5.58. The van der Waals surface area contributed by atoms with Crippen LogP contribution in [0.5, 0.6) is 0 Å². The number of nitrogens with zero attached hydrogens (tertiary/aromatic N) is 3. The number of imidazole rings is 1. The second-order valence-electron chi connectivity index (χ2n) is 5.19. The van der Waals surface area contributed by atoms with Crippen molar-refractivity contribution in [1.29, 1.82) is 0 Å². The van der Waals surface area contributed by atoms with Gasteiger partial charge in [0, 0.05) is 12.3 Å². The second-order valence-corrected chi connectivity index (χ2v) is 7.08. The molecule has 0 unspecified atom stereocenters. The van der Waals surface area contributed by atoms with Crippen molar-refractivity contribution in [3.8, 4) is 10.8 Å². The first-order chi connectivity index (χ1) is 11.8.